The summed E-state index contributed by atoms with van der Waals surface area (Å²) in [6.07, 6.45) is -0.840. The predicted octanol–water partition coefficient (Wildman–Crippen LogP) is 1.82. The first-order chi connectivity index (χ1) is 8.93. The zero-order valence-electron chi connectivity index (χ0n) is 11.5. The third-order valence-electron chi connectivity index (χ3n) is 4.45. The summed E-state index contributed by atoms with van der Waals surface area (Å²) in [5.41, 5.74) is 5.37. The summed E-state index contributed by atoms with van der Waals surface area (Å²) in [4.78, 5) is 4.00. The minimum atomic E-state index is -4.18. The molecule has 0 aromatic rings. The third kappa shape index (κ3) is 3.41. The van der Waals surface area contributed by atoms with Crippen LogP contribution in [-0.2, 0) is 0 Å². The highest BCUT2D eigenvalue weighted by atomic mass is 19.4. The quantitative estimate of drug-likeness (QED) is 0.855. The lowest BCUT2D eigenvalue weighted by atomic mass is 9.95. The Morgan fingerprint density at radius 1 is 1.26 bits per heavy atom. The van der Waals surface area contributed by atoms with Crippen molar-refractivity contribution in [3.63, 3.8) is 0 Å². The van der Waals surface area contributed by atoms with Gasteiger partial charge in [0.1, 0.15) is 6.04 Å². The maximum absolute atomic E-state index is 13.2. The molecule has 2 fully saturated rings. The molecule has 0 saturated carbocycles. The number of nitrogens with zero attached hydrogens (tertiary/aromatic N) is 2. The third-order valence-corrected chi connectivity index (χ3v) is 4.45. The summed E-state index contributed by atoms with van der Waals surface area (Å²) in [5.74, 6) is 0. The van der Waals surface area contributed by atoms with Gasteiger partial charge in [-0.25, -0.2) is 0 Å². The summed E-state index contributed by atoms with van der Waals surface area (Å²) in [7, 11) is 0. The highest BCUT2D eigenvalue weighted by Gasteiger charge is 2.47. The lowest BCUT2D eigenvalue weighted by Crippen LogP contribution is -2.63. The zero-order valence-corrected chi connectivity index (χ0v) is 11.5. The summed E-state index contributed by atoms with van der Waals surface area (Å²) >= 11 is 0. The van der Waals surface area contributed by atoms with E-state index < -0.39 is 12.2 Å². The largest absolute Gasteiger partial charge is 0.404 e. The van der Waals surface area contributed by atoms with Gasteiger partial charge in [0.05, 0.1) is 0 Å². The highest BCUT2D eigenvalue weighted by Crippen LogP contribution is 2.32. The lowest BCUT2D eigenvalue weighted by Gasteiger charge is -2.50. The van der Waals surface area contributed by atoms with E-state index in [0.29, 0.717) is 12.6 Å². The zero-order chi connectivity index (χ0) is 14.0. The van der Waals surface area contributed by atoms with Crippen molar-refractivity contribution in [1.82, 2.24) is 9.80 Å². The number of piperidine rings is 1. The van der Waals surface area contributed by atoms with E-state index in [9.17, 15) is 13.2 Å². The SMILES string of the molecule is CC1CN2CCCCC2CN1C(CCN)C(F)(F)F. The molecule has 0 aromatic heterocycles. The minimum absolute atomic E-state index is 0.000556. The summed E-state index contributed by atoms with van der Waals surface area (Å²) in [6.45, 7) is 4.31. The number of halogens is 3. The second-order valence-corrected chi connectivity index (χ2v) is 5.83. The van der Waals surface area contributed by atoms with Gasteiger partial charge in [-0.2, -0.15) is 13.2 Å². The summed E-state index contributed by atoms with van der Waals surface area (Å²) < 4.78 is 39.5. The molecule has 2 rings (SSSR count). The van der Waals surface area contributed by atoms with Crippen LogP contribution in [0.15, 0.2) is 0 Å². The first-order valence-corrected chi connectivity index (χ1v) is 7.20. The number of hydrogen-bond donors (Lipinski definition) is 1. The van der Waals surface area contributed by atoms with Crippen molar-refractivity contribution < 1.29 is 13.2 Å². The van der Waals surface area contributed by atoms with Crippen LogP contribution < -0.4 is 5.73 Å². The Hall–Kier alpha value is -0.330. The Kier molecular flexibility index (Phi) is 4.74. The average Bonchev–Trinajstić information content (AvgIpc) is 2.34. The van der Waals surface area contributed by atoms with E-state index in [1.807, 2.05) is 6.92 Å². The fourth-order valence-corrected chi connectivity index (χ4v) is 3.48. The Balaban J connectivity index is 2.08. The Morgan fingerprint density at radius 3 is 2.63 bits per heavy atom. The van der Waals surface area contributed by atoms with Gasteiger partial charge < -0.3 is 5.73 Å². The molecule has 2 N–H and O–H groups in total. The average molecular weight is 279 g/mol. The molecule has 6 heteroatoms. The Labute approximate surface area is 112 Å². The number of rotatable bonds is 3. The maximum atomic E-state index is 13.2. The second kappa shape index (κ2) is 5.97. The normalized spacial score (nSPS) is 32.1. The van der Waals surface area contributed by atoms with Gasteiger partial charge in [-0.05, 0) is 39.3 Å². The molecule has 2 aliphatic rings. The van der Waals surface area contributed by atoms with Gasteiger partial charge in [0.15, 0.2) is 0 Å². The van der Waals surface area contributed by atoms with Gasteiger partial charge in [-0.1, -0.05) is 6.42 Å². The Morgan fingerprint density at radius 2 is 2.00 bits per heavy atom. The molecule has 3 nitrogen and oxygen atoms in total. The van der Waals surface area contributed by atoms with Crippen LogP contribution in [-0.4, -0.2) is 60.3 Å². The van der Waals surface area contributed by atoms with Gasteiger partial charge in [0.2, 0.25) is 0 Å². The number of nitrogens with two attached hydrogens (primary N) is 1. The molecule has 0 bridgehead atoms. The standard InChI is InChI=1S/C13H24F3N3/c1-10-8-18-7-3-2-4-11(18)9-19(10)12(5-6-17)13(14,15)16/h10-12H,2-9,17H2,1H3. The number of alkyl halides is 3. The molecule has 2 heterocycles. The van der Waals surface area contributed by atoms with Crippen LogP contribution in [0.3, 0.4) is 0 Å². The van der Waals surface area contributed by atoms with E-state index in [4.69, 9.17) is 5.73 Å². The van der Waals surface area contributed by atoms with Gasteiger partial charge in [-0.3, -0.25) is 9.80 Å². The molecule has 19 heavy (non-hydrogen) atoms. The topological polar surface area (TPSA) is 32.5 Å². The molecule has 0 amide bonds. The molecule has 3 unspecified atom stereocenters. The maximum Gasteiger partial charge on any atom is 0.404 e. The van der Waals surface area contributed by atoms with Crippen LogP contribution in [0, 0.1) is 0 Å². The first kappa shape index (κ1) is 15.1. The molecule has 2 saturated heterocycles. The molecule has 0 aromatic carbocycles. The molecule has 2 aliphatic heterocycles. The molecule has 0 radical (unpaired) electrons. The van der Waals surface area contributed by atoms with E-state index in [-0.39, 0.29) is 19.0 Å². The summed E-state index contributed by atoms with van der Waals surface area (Å²) in [5, 5.41) is 0. The monoisotopic (exact) mass is 279 g/mol. The van der Waals surface area contributed by atoms with Crippen LogP contribution in [0.4, 0.5) is 13.2 Å². The predicted molar refractivity (Wildman–Crippen MR) is 68.9 cm³/mol. The molecule has 112 valence electrons. The van der Waals surface area contributed by atoms with Crippen LogP contribution >= 0.6 is 0 Å². The van der Waals surface area contributed by atoms with Crippen molar-refractivity contribution in [1.29, 1.82) is 0 Å². The van der Waals surface area contributed by atoms with Crippen molar-refractivity contribution in [2.45, 2.75) is 56.9 Å². The van der Waals surface area contributed by atoms with Crippen molar-refractivity contribution in [2.24, 2.45) is 5.73 Å². The van der Waals surface area contributed by atoms with Crippen LogP contribution in [0.25, 0.3) is 0 Å². The summed E-state index contributed by atoms with van der Waals surface area (Å²) in [6, 6.07) is -1.13. The van der Waals surface area contributed by atoms with Gasteiger partial charge in [0, 0.05) is 25.2 Å². The minimum Gasteiger partial charge on any atom is -0.330 e. The van der Waals surface area contributed by atoms with Gasteiger partial charge in [0.25, 0.3) is 0 Å². The van der Waals surface area contributed by atoms with E-state index in [1.54, 1.807) is 4.90 Å². The number of fused-ring (bicyclic) bond motifs is 1. The molecular formula is C13H24F3N3. The number of hydrogen-bond acceptors (Lipinski definition) is 3. The fraction of sp³-hybridized carbons (Fsp3) is 1.00. The van der Waals surface area contributed by atoms with E-state index in [2.05, 4.69) is 4.90 Å². The van der Waals surface area contributed by atoms with Gasteiger partial charge in [-0.15, -0.1) is 0 Å². The van der Waals surface area contributed by atoms with Crippen molar-refractivity contribution in [3.05, 3.63) is 0 Å². The van der Waals surface area contributed by atoms with Gasteiger partial charge >= 0.3 is 6.18 Å². The van der Waals surface area contributed by atoms with E-state index in [0.717, 1.165) is 25.9 Å². The highest BCUT2D eigenvalue weighted by molar-refractivity contribution is 4.93. The Bertz CT molecular complexity index is 295. The number of piperazine rings is 1. The van der Waals surface area contributed by atoms with Crippen molar-refractivity contribution in [3.8, 4) is 0 Å². The van der Waals surface area contributed by atoms with Crippen molar-refractivity contribution >= 4 is 0 Å². The molecular weight excluding hydrogens is 255 g/mol. The van der Waals surface area contributed by atoms with Crippen LogP contribution in [0.5, 0.6) is 0 Å². The van der Waals surface area contributed by atoms with E-state index >= 15 is 0 Å². The molecule has 0 aliphatic carbocycles. The van der Waals surface area contributed by atoms with E-state index in [1.165, 1.54) is 6.42 Å². The first-order valence-electron chi connectivity index (χ1n) is 7.20. The van der Waals surface area contributed by atoms with Crippen LogP contribution in [0.2, 0.25) is 0 Å². The lowest BCUT2D eigenvalue weighted by molar-refractivity contribution is -0.199. The second-order valence-electron chi connectivity index (χ2n) is 5.83. The molecule has 3 atom stereocenters. The molecule has 0 spiro atoms. The smallest absolute Gasteiger partial charge is 0.330 e. The van der Waals surface area contributed by atoms with Crippen molar-refractivity contribution in [2.75, 3.05) is 26.2 Å². The fourth-order valence-electron chi connectivity index (χ4n) is 3.48. The van der Waals surface area contributed by atoms with Crippen LogP contribution in [0.1, 0.15) is 32.6 Å².